The molecule has 1 aromatic carbocycles. The largest absolute Gasteiger partial charge is 0.323 e. The molecule has 4 rings (SSSR count). The molecule has 3 aromatic rings. The zero-order valence-corrected chi connectivity index (χ0v) is 12.1. The molecule has 0 amide bonds. The number of rotatable bonds is 3. The highest BCUT2D eigenvalue weighted by Crippen LogP contribution is 2.34. The smallest absolute Gasteiger partial charge is 0.153 e. The number of pyridine rings is 1. The molecule has 112 valence electrons. The number of hydrogen-bond donors (Lipinski definition) is 2. The Balaban J connectivity index is 1.65. The summed E-state index contributed by atoms with van der Waals surface area (Å²) in [5.74, 6) is 1.63. The van der Waals surface area contributed by atoms with E-state index in [-0.39, 0.29) is 5.82 Å². The molecule has 1 saturated carbocycles. The summed E-state index contributed by atoms with van der Waals surface area (Å²) in [5.41, 5.74) is 1.17. The second-order valence-corrected chi connectivity index (χ2v) is 5.82. The lowest BCUT2D eigenvalue weighted by atomic mass is 10.0. The molecule has 0 saturated heterocycles. The maximum Gasteiger partial charge on any atom is 0.153 e. The van der Waals surface area contributed by atoms with Gasteiger partial charge in [0.1, 0.15) is 11.6 Å². The van der Waals surface area contributed by atoms with Gasteiger partial charge >= 0.3 is 0 Å². The molecular weight excluding hydrogens is 279 g/mol. The fraction of sp³-hybridized carbons (Fsp3) is 0.294. The highest BCUT2D eigenvalue weighted by atomic mass is 19.1. The van der Waals surface area contributed by atoms with E-state index >= 15 is 0 Å². The number of anilines is 2. The first-order valence-electron chi connectivity index (χ1n) is 7.67. The van der Waals surface area contributed by atoms with Crippen molar-refractivity contribution in [1.82, 2.24) is 15.2 Å². The van der Waals surface area contributed by atoms with Crippen molar-refractivity contribution in [3.05, 3.63) is 48.0 Å². The second-order valence-electron chi connectivity index (χ2n) is 5.82. The van der Waals surface area contributed by atoms with Crippen LogP contribution in [0.15, 0.2) is 36.5 Å². The van der Waals surface area contributed by atoms with E-state index in [4.69, 9.17) is 0 Å². The van der Waals surface area contributed by atoms with Gasteiger partial charge < -0.3 is 5.32 Å². The Bertz CT molecular complexity index is 805. The van der Waals surface area contributed by atoms with E-state index in [0.29, 0.717) is 17.1 Å². The molecule has 0 atom stereocenters. The predicted molar refractivity (Wildman–Crippen MR) is 84.8 cm³/mol. The number of nitrogens with zero attached hydrogens (tertiary/aromatic N) is 2. The minimum absolute atomic E-state index is 0.310. The number of aromatic nitrogens is 3. The zero-order chi connectivity index (χ0) is 14.9. The Labute approximate surface area is 127 Å². The quantitative estimate of drug-likeness (QED) is 0.748. The molecule has 4 nitrogen and oxygen atoms in total. The molecule has 0 bridgehead atoms. The van der Waals surface area contributed by atoms with Crippen LogP contribution in [0.2, 0.25) is 0 Å². The van der Waals surface area contributed by atoms with Crippen molar-refractivity contribution in [3.8, 4) is 0 Å². The molecule has 0 radical (unpaired) electrons. The van der Waals surface area contributed by atoms with Crippen LogP contribution in [-0.4, -0.2) is 15.2 Å². The second kappa shape index (κ2) is 5.40. The van der Waals surface area contributed by atoms with Gasteiger partial charge in [-0.25, -0.2) is 9.37 Å². The normalized spacial score (nSPS) is 15.5. The Kier molecular flexibility index (Phi) is 3.25. The Morgan fingerprint density at radius 2 is 1.91 bits per heavy atom. The third-order valence-corrected chi connectivity index (χ3v) is 4.39. The van der Waals surface area contributed by atoms with Gasteiger partial charge in [-0.15, -0.1) is 0 Å². The molecule has 5 heteroatoms. The lowest BCUT2D eigenvalue weighted by Crippen LogP contribution is -1.96. The molecule has 2 aromatic heterocycles. The Hall–Kier alpha value is -2.43. The molecule has 0 unspecified atom stereocenters. The Morgan fingerprint density at radius 1 is 1.14 bits per heavy atom. The van der Waals surface area contributed by atoms with E-state index in [1.807, 2.05) is 24.3 Å². The van der Waals surface area contributed by atoms with E-state index in [1.165, 1.54) is 37.6 Å². The predicted octanol–water partition coefficient (Wildman–Crippen LogP) is 4.50. The summed E-state index contributed by atoms with van der Waals surface area (Å²) in [6, 6.07) is 9.35. The summed E-state index contributed by atoms with van der Waals surface area (Å²) in [4.78, 5) is 4.17. The first-order valence-corrected chi connectivity index (χ1v) is 7.67. The fourth-order valence-corrected chi connectivity index (χ4v) is 3.23. The minimum atomic E-state index is -0.310. The number of fused-ring (bicyclic) bond motifs is 1. The van der Waals surface area contributed by atoms with Crippen molar-refractivity contribution in [2.24, 2.45) is 0 Å². The van der Waals surface area contributed by atoms with Crippen molar-refractivity contribution in [2.45, 2.75) is 31.6 Å². The molecule has 22 heavy (non-hydrogen) atoms. The summed E-state index contributed by atoms with van der Waals surface area (Å²) in [5, 5.41) is 11.9. The molecular formula is C17H17FN4. The molecule has 2 heterocycles. The van der Waals surface area contributed by atoms with Gasteiger partial charge in [0.2, 0.25) is 0 Å². The van der Waals surface area contributed by atoms with Gasteiger partial charge in [0, 0.05) is 28.5 Å². The van der Waals surface area contributed by atoms with Crippen LogP contribution in [0.4, 0.5) is 16.0 Å². The molecule has 0 aliphatic heterocycles. The van der Waals surface area contributed by atoms with Gasteiger partial charge in [-0.2, -0.15) is 5.10 Å². The van der Waals surface area contributed by atoms with Gasteiger partial charge in [0.15, 0.2) is 5.82 Å². The van der Waals surface area contributed by atoms with Gasteiger partial charge in [-0.05, 0) is 12.8 Å². The maximum atomic E-state index is 13.8. The topological polar surface area (TPSA) is 53.6 Å². The zero-order valence-electron chi connectivity index (χ0n) is 12.1. The summed E-state index contributed by atoms with van der Waals surface area (Å²) in [6.45, 7) is 0. The number of aromatic amines is 1. The van der Waals surface area contributed by atoms with E-state index in [2.05, 4.69) is 20.5 Å². The van der Waals surface area contributed by atoms with E-state index < -0.39 is 0 Å². The summed E-state index contributed by atoms with van der Waals surface area (Å²) in [6.07, 6.45) is 6.27. The van der Waals surface area contributed by atoms with Crippen molar-refractivity contribution in [2.75, 3.05) is 5.32 Å². The van der Waals surface area contributed by atoms with Crippen LogP contribution in [-0.2, 0) is 0 Å². The van der Waals surface area contributed by atoms with Crippen LogP contribution in [0.3, 0.4) is 0 Å². The molecule has 1 fully saturated rings. The van der Waals surface area contributed by atoms with Crippen LogP contribution in [0.5, 0.6) is 0 Å². The standard InChI is InChI=1S/C17H17FN4/c18-14-10-19-17(13-8-4-3-7-12(13)14)20-16-9-15(21-22-16)11-5-1-2-6-11/h3-4,7-11H,1-2,5-6H2,(H2,19,20,21,22). The van der Waals surface area contributed by atoms with Gasteiger partial charge in [0.25, 0.3) is 0 Å². The van der Waals surface area contributed by atoms with Crippen LogP contribution in [0.25, 0.3) is 10.8 Å². The van der Waals surface area contributed by atoms with E-state index in [0.717, 1.165) is 11.2 Å². The molecule has 1 aliphatic carbocycles. The molecule has 2 N–H and O–H groups in total. The van der Waals surface area contributed by atoms with Gasteiger partial charge in [-0.3, -0.25) is 5.10 Å². The van der Waals surface area contributed by atoms with Crippen LogP contribution >= 0.6 is 0 Å². The highest BCUT2D eigenvalue weighted by Gasteiger charge is 2.19. The first kappa shape index (κ1) is 13.2. The number of hydrogen-bond acceptors (Lipinski definition) is 3. The van der Waals surface area contributed by atoms with E-state index in [9.17, 15) is 4.39 Å². The van der Waals surface area contributed by atoms with Crippen LogP contribution in [0.1, 0.15) is 37.3 Å². The lowest BCUT2D eigenvalue weighted by molar-refractivity contribution is 0.634. The average molecular weight is 296 g/mol. The van der Waals surface area contributed by atoms with E-state index in [1.54, 1.807) is 6.07 Å². The number of halogens is 1. The molecule has 0 spiro atoms. The number of benzene rings is 1. The van der Waals surface area contributed by atoms with Gasteiger partial charge in [0.05, 0.1) is 6.20 Å². The SMILES string of the molecule is Fc1cnc(Nc2cc(C3CCCC3)[nH]n2)c2ccccc12. The summed E-state index contributed by atoms with van der Waals surface area (Å²) >= 11 is 0. The molecule has 1 aliphatic rings. The van der Waals surface area contributed by atoms with Crippen molar-refractivity contribution in [3.63, 3.8) is 0 Å². The van der Waals surface area contributed by atoms with Crippen molar-refractivity contribution >= 4 is 22.4 Å². The van der Waals surface area contributed by atoms with Crippen molar-refractivity contribution < 1.29 is 4.39 Å². The number of H-pyrrole nitrogens is 1. The fourth-order valence-electron chi connectivity index (χ4n) is 3.23. The number of nitrogens with one attached hydrogen (secondary N) is 2. The first-order chi connectivity index (χ1) is 10.8. The minimum Gasteiger partial charge on any atom is -0.323 e. The monoisotopic (exact) mass is 296 g/mol. The van der Waals surface area contributed by atoms with Crippen molar-refractivity contribution in [1.29, 1.82) is 0 Å². The summed E-state index contributed by atoms with van der Waals surface area (Å²) in [7, 11) is 0. The lowest BCUT2D eigenvalue weighted by Gasteiger charge is -2.07. The average Bonchev–Trinajstić information content (AvgIpc) is 3.21. The van der Waals surface area contributed by atoms with Gasteiger partial charge in [-0.1, -0.05) is 37.1 Å². The van der Waals surface area contributed by atoms with Crippen LogP contribution in [0, 0.1) is 5.82 Å². The summed E-state index contributed by atoms with van der Waals surface area (Å²) < 4.78 is 13.8. The maximum absolute atomic E-state index is 13.8. The Morgan fingerprint density at radius 3 is 2.73 bits per heavy atom. The van der Waals surface area contributed by atoms with Crippen LogP contribution < -0.4 is 5.32 Å². The third-order valence-electron chi connectivity index (χ3n) is 4.39. The third kappa shape index (κ3) is 2.32. The highest BCUT2D eigenvalue weighted by molar-refractivity contribution is 5.93.